The summed E-state index contributed by atoms with van der Waals surface area (Å²) in [6, 6.07) is -4.83. The number of hydrogen-bond donors (Lipinski definition) is 0. The minimum Gasteiger partial charge on any atom is -0.265 e. The summed E-state index contributed by atoms with van der Waals surface area (Å²) in [5.74, 6) is -10.1. The van der Waals surface area contributed by atoms with E-state index in [9.17, 15) is 26.3 Å². The van der Waals surface area contributed by atoms with E-state index in [4.69, 9.17) is 0 Å². The van der Waals surface area contributed by atoms with Crippen molar-refractivity contribution < 1.29 is 30.8 Å². The van der Waals surface area contributed by atoms with Crippen molar-refractivity contribution >= 4 is 0 Å². The predicted octanol–water partition coefficient (Wildman–Crippen LogP) is 2.58. The molecule has 0 fully saturated rings. The van der Waals surface area contributed by atoms with Crippen LogP contribution >= 0.6 is 0 Å². The van der Waals surface area contributed by atoms with Crippen molar-refractivity contribution in [1.82, 2.24) is 0 Å². The lowest BCUT2D eigenvalue weighted by Crippen LogP contribution is -2.66. The summed E-state index contributed by atoms with van der Waals surface area (Å²) < 4.78 is 74.3. The van der Waals surface area contributed by atoms with Gasteiger partial charge in [-0.3, -0.25) is 4.48 Å². The van der Waals surface area contributed by atoms with Crippen LogP contribution < -0.4 is 0 Å². The normalized spacial score (nSPS) is 15.9. The highest BCUT2D eigenvalue weighted by atomic mass is 19.3. The lowest BCUT2D eigenvalue weighted by Gasteiger charge is -2.39. The van der Waals surface area contributed by atoms with Crippen molar-refractivity contribution in [3.05, 3.63) is 0 Å². The Labute approximate surface area is 77.9 Å². The molecule has 0 aromatic rings. The number of quaternary nitrogens is 1. The van der Waals surface area contributed by atoms with E-state index in [1.807, 2.05) is 0 Å². The van der Waals surface area contributed by atoms with Gasteiger partial charge >= 0.3 is 17.9 Å². The Hall–Kier alpha value is -0.460. The molecule has 0 aliphatic carbocycles. The van der Waals surface area contributed by atoms with E-state index in [1.54, 1.807) is 0 Å². The molecular weight excluding hydrogens is 212 g/mol. The Balaban J connectivity index is 5.30. The molecule has 0 saturated carbocycles. The Bertz CT molecular complexity index is 187. The minimum absolute atomic E-state index is 0.226. The van der Waals surface area contributed by atoms with Gasteiger partial charge in [0.2, 0.25) is 0 Å². The zero-order chi connectivity index (χ0) is 12.0. The first-order valence-electron chi connectivity index (χ1n) is 3.70. The molecule has 0 unspecified atom stereocenters. The number of rotatable bonds is 3. The van der Waals surface area contributed by atoms with Crippen molar-refractivity contribution in [3.8, 4) is 0 Å². The molecule has 0 atom stereocenters. The maximum atomic E-state index is 12.9. The van der Waals surface area contributed by atoms with Crippen molar-refractivity contribution in [2.24, 2.45) is 0 Å². The zero-order valence-corrected chi connectivity index (χ0v) is 8.22. The van der Waals surface area contributed by atoms with Gasteiger partial charge in [-0.25, -0.2) is 0 Å². The van der Waals surface area contributed by atoms with Gasteiger partial charge in [-0.05, 0) is 0 Å². The molecule has 0 N–H and O–H groups in total. The van der Waals surface area contributed by atoms with Crippen molar-refractivity contribution in [2.45, 2.75) is 24.8 Å². The number of nitrogens with zero attached hydrogens (tertiary/aromatic N) is 1. The summed E-state index contributed by atoms with van der Waals surface area (Å²) in [6.45, 7) is -0.226. The second-order valence-corrected chi connectivity index (χ2v) is 4.02. The van der Waals surface area contributed by atoms with E-state index >= 15 is 0 Å². The molecule has 0 spiro atoms. The summed E-state index contributed by atoms with van der Waals surface area (Å²) in [7, 11) is 2.17. The molecule has 0 aliphatic rings. The fourth-order valence-electron chi connectivity index (χ4n) is 0.685. The van der Waals surface area contributed by atoms with Gasteiger partial charge < -0.3 is 0 Å². The van der Waals surface area contributed by atoms with Gasteiger partial charge in [0.15, 0.2) is 0 Å². The van der Waals surface area contributed by atoms with Gasteiger partial charge in [0, 0.05) is 6.92 Å². The third kappa shape index (κ3) is 1.82. The number of alkyl halides is 6. The molecule has 0 aromatic carbocycles. The largest absolute Gasteiger partial charge is 0.460 e. The van der Waals surface area contributed by atoms with Crippen LogP contribution in [0.25, 0.3) is 0 Å². The Morgan fingerprint density at radius 1 is 0.786 bits per heavy atom. The van der Waals surface area contributed by atoms with Gasteiger partial charge in [0.05, 0.1) is 21.1 Å². The van der Waals surface area contributed by atoms with Gasteiger partial charge in [-0.1, -0.05) is 0 Å². The highest BCUT2D eigenvalue weighted by Crippen LogP contribution is 2.48. The first-order chi connectivity index (χ1) is 5.75. The molecule has 0 bridgehead atoms. The fraction of sp³-hybridized carbons (Fsp3) is 1.00. The van der Waals surface area contributed by atoms with Crippen LogP contribution in [0.5, 0.6) is 0 Å². The van der Waals surface area contributed by atoms with Gasteiger partial charge in [-0.2, -0.15) is 17.6 Å². The van der Waals surface area contributed by atoms with Crippen LogP contribution in [-0.2, 0) is 0 Å². The average molecular weight is 224 g/mol. The van der Waals surface area contributed by atoms with E-state index in [0.717, 1.165) is 21.1 Å². The van der Waals surface area contributed by atoms with Crippen LogP contribution in [0.2, 0.25) is 0 Å². The van der Waals surface area contributed by atoms with Crippen molar-refractivity contribution in [3.63, 3.8) is 0 Å². The van der Waals surface area contributed by atoms with Gasteiger partial charge in [0.25, 0.3) is 0 Å². The van der Waals surface area contributed by atoms with E-state index in [1.165, 1.54) is 0 Å². The molecule has 1 nitrogen and oxygen atoms in total. The predicted molar refractivity (Wildman–Crippen MR) is 38.5 cm³/mol. The molecule has 0 saturated heterocycles. The quantitative estimate of drug-likeness (QED) is 0.392. The summed E-state index contributed by atoms with van der Waals surface area (Å²) in [4.78, 5) is 0. The summed E-state index contributed by atoms with van der Waals surface area (Å²) in [6.07, 6.45) is 0. The van der Waals surface area contributed by atoms with Crippen LogP contribution in [0.15, 0.2) is 0 Å². The maximum Gasteiger partial charge on any atom is 0.460 e. The molecule has 14 heavy (non-hydrogen) atoms. The van der Waals surface area contributed by atoms with Crippen LogP contribution in [0.4, 0.5) is 26.3 Å². The number of hydrogen-bond acceptors (Lipinski definition) is 0. The van der Waals surface area contributed by atoms with E-state index in [0.29, 0.717) is 0 Å². The lowest BCUT2D eigenvalue weighted by molar-refractivity contribution is -0.974. The third-order valence-electron chi connectivity index (χ3n) is 1.77. The topological polar surface area (TPSA) is 0 Å². The summed E-state index contributed by atoms with van der Waals surface area (Å²) >= 11 is 0. The zero-order valence-electron chi connectivity index (χ0n) is 8.22. The SMILES string of the molecule is CC(F)(F)C(F)(F)C(F)(F)[N+](C)(C)C. The second kappa shape index (κ2) is 3.01. The standard InChI is InChI=1S/C7H12F6N/c1-5(8,9)6(10,11)7(12,13)14(2,3)4/h1-4H3/q+1. The minimum atomic E-state index is -5.38. The second-order valence-electron chi connectivity index (χ2n) is 4.02. The molecule has 0 amide bonds. The van der Waals surface area contributed by atoms with E-state index in [2.05, 4.69) is 0 Å². The first kappa shape index (κ1) is 13.5. The summed E-state index contributed by atoms with van der Waals surface area (Å²) in [5, 5.41) is 0. The van der Waals surface area contributed by atoms with Crippen LogP contribution in [0, 0.1) is 0 Å². The molecule has 86 valence electrons. The highest BCUT2D eigenvalue weighted by Gasteiger charge is 2.76. The maximum absolute atomic E-state index is 12.9. The monoisotopic (exact) mass is 224 g/mol. The van der Waals surface area contributed by atoms with Crippen LogP contribution in [-0.4, -0.2) is 43.5 Å². The molecule has 0 radical (unpaired) electrons. The molecule has 0 rings (SSSR count). The first-order valence-corrected chi connectivity index (χ1v) is 3.70. The van der Waals surface area contributed by atoms with Crippen molar-refractivity contribution in [2.75, 3.05) is 21.1 Å². The highest BCUT2D eigenvalue weighted by molar-refractivity contribution is 4.88. The summed E-state index contributed by atoms with van der Waals surface area (Å²) in [5.41, 5.74) is 0. The molecule has 0 aromatic heterocycles. The van der Waals surface area contributed by atoms with Gasteiger partial charge in [0.1, 0.15) is 0 Å². The van der Waals surface area contributed by atoms with Gasteiger partial charge in [-0.15, -0.1) is 8.78 Å². The Kier molecular flexibility index (Phi) is 2.91. The van der Waals surface area contributed by atoms with E-state index < -0.39 is 22.4 Å². The van der Waals surface area contributed by atoms with Crippen LogP contribution in [0.1, 0.15) is 6.92 Å². The Morgan fingerprint density at radius 3 is 1.14 bits per heavy atom. The van der Waals surface area contributed by atoms with Crippen LogP contribution in [0.3, 0.4) is 0 Å². The molecule has 0 heterocycles. The molecular formula is C7H12F6N+. The lowest BCUT2D eigenvalue weighted by atomic mass is 10.1. The van der Waals surface area contributed by atoms with Crippen molar-refractivity contribution in [1.29, 1.82) is 0 Å². The third-order valence-corrected chi connectivity index (χ3v) is 1.77. The number of halogens is 6. The Morgan fingerprint density at radius 2 is 1.07 bits per heavy atom. The smallest absolute Gasteiger partial charge is 0.265 e. The fourth-order valence-corrected chi connectivity index (χ4v) is 0.685. The molecule has 0 aliphatic heterocycles. The average Bonchev–Trinajstić information content (AvgIpc) is 1.81. The molecule has 7 heteroatoms. The van der Waals surface area contributed by atoms with E-state index in [-0.39, 0.29) is 6.92 Å².